The number of aromatic amines is 1. The summed E-state index contributed by atoms with van der Waals surface area (Å²) in [5.41, 5.74) is 2.83. The summed E-state index contributed by atoms with van der Waals surface area (Å²) in [5, 5.41) is 4.11. The van der Waals surface area contributed by atoms with Crippen LogP contribution in [0.25, 0.3) is 10.9 Å². The van der Waals surface area contributed by atoms with Crippen molar-refractivity contribution in [3.8, 4) is 0 Å². The molecule has 1 fully saturated rings. The van der Waals surface area contributed by atoms with Crippen molar-refractivity contribution in [2.24, 2.45) is 0 Å². The molecule has 130 valence electrons. The van der Waals surface area contributed by atoms with E-state index in [2.05, 4.69) is 19.8 Å². The van der Waals surface area contributed by atoms with Crippen LogP contribution in [-0.2, 0) is 0 Å². The number of nitrogens with zero attached hydrogens (tertiary/aromatic N) is 3. The number of ketones is 1. The monoisotopic (exact) mass is 354 g/mol. The number of benzene rings is 1. The predicted octanol–water partition coefficient (Wildman–Crippen LogP) is 3.33. The topological polar surface area (TPSA) is 52.2 Å². The minimum Gasteiger partial charge on any atom is -0.358 e. The largest absolute Gasteiger partial charge is 0.358 e. The molecule has 0 saturated carbocycles. The number of fused-ring (bicyclic) bond motifs is 1. The maximum Gasteiger partial charge on any atom is 0.185 e. The van der Waals surface area contributed by atoms with Crippen molar-refractivity contribution in [2.45, 2.75) is 19.9 Å². The first-order valence-electron chi connectivity index (χ1n) is 8.65. The van der Waals surface area contributed by atoms with E-state index in [1.807, 2.05) is 49.7 Å². The number of thiazole rings is 1. The summed E-state index contributed by atoms with van der Waals surface area (Å²) >= 11 is 1.67. The number of hydrogen-bond donors (Lipinski definition) is 1. The van der Waals surface area contributed by atoms with E-state index >= 15 is 0 Å². The van der Waals surface area contributed by atoms with Gasteiger partial charge in [-0.2, -0.15) is 0 Å². The van der Waals surface area contributed by atoms with Crippen LogP contribution >= 0.6 is 11.3 Å². The minimum atomic E-state index is -0.114. The summed E-state index contributed by atoms with van der Waals surface area (Å²) in [6.07, 6.45) is 1.85. The van der Waals surface area contributed by atoms with Gasteiger partial charge in [-0.25, -0.2) is 4.98 Å². The number of rotatable bonds is 4. The smallest absolute Gasteiger partial charge is 0.185 e. The first kappa shape index (κ1) is 16.3. The predicted molar refractivity (Wildman–Crippen MR) is 103 cm³/mol. The molecule has 0 spiro atoms. The molecule has 25 heavy (non-hydrogen) atoms. The van der Waals surface area contributed by atoms with Gasteiger partial charge in [0, 0.05) is 59.9 Å². The van der Waals surface area contributed by atoms with Crippen LogP contribution in [0.1, 0.15) is 23.0 Å². The van der Waals surface area contributed by atoms with Crippen LogP contribution in [0, 0.1) is 6.92 Å². The van der Waals surface area contributed by atoms with Crippen LogP contribution < -0.4 is 4.90 Å². The molecular weight excluding hydrogens is 332 g/mol. The van der Waals surface area contributed by atoms with Crippen LogP contribution in [0.5, 0.6) is 0 Å². The normalized spacial score (nSPS) is 17.1. The van der Waals surface area contributed by atoms with Crippen molar-refractivity contribution in [1.29, 1.82) is 0 Å². The molecule has 5 nitrogen and oxygen atoms in total. The lowest BCUT2D eigenvalue weighted by molar-refractivity contribution is 0.0831. The molecule has 3 aromatic rings. The number of nitrogens with one attached hydrogen (secondary N) is 1. The quantitative estimate of drug-likeness (QED) is 0.730. The van der Waals surface area contributed by atoms with Crippen LogP contribution in [0.15, 0.2) is 35.8 Å². The van der Waals surface area contributed by atoms with Crippen molar-refractivity contribution in [1.82, 2.24) is 14.9 Å². The maximum atomic E-state index is 13.2. The Morgan fingerprint density at radius 2 is 2.00 bits per heavy atom. The van der Waals surface area contributed by atoms with Gasteiger partial charge >= 0.3 is 0 Å². The number of H-pyrrole nitrogens is 1. The van der Waals surface area contributed by atoms with E-state index in [0.717, 1.165) is 53.5 Å². The van der Waals surface area contributed by atoms with E-state index in [1.54, 1.807) is 11.3 Å². The molecule has 3 heterocycles. The fraction of sp³-hybridized carbons (Fsp3) is 0.368. The molecule has 1 aliphatic rings. The third kappa shape index (κ3) is 2.96. The molecule has 4 rings (SSSR count). The SMILES string of the molecule is Cc1[nH]c2ccccc2c1C(=O)[C@@H](C)N1CCN(c2nccs2)CC1. The molecule has 1 atom stereocenters. The number of carbonyl (C=O) groups is 1. The van der Waals surface area contributed by atoms with E-state index in [0.29, 0.717) is 0 Å². The van der Waals surface area contributed by atoms with Gasteiger partial charge in [-0.15, -0.1) is 11.3 Å². The number of aryl methyl sites for hydroxylation is 1. The lowest BCUT2D eigenvalue weighted by Gasteiger charge is -2.37. The van der Waals surface area contributed by atoms with Crippen molar-refractivity contribution < 1.29 is 4.79 Å². The molecular formula is C19H22N4OS. The molecule has 0 radical (unpaired) electrons. The highest BCUT2D eigenvalue weighted by molar-refractivity contribution is 7.13. The lowest BCUT2D eigenvalue weighted by Crippen LogP contribution is -2.51. The number of aromatic nitrogens is 2. The second kappa shape index (κ2) is 6.61. The standard InChI is InChI=1S/C19H22N4OS/c1-13-17(15-5-3-4-6-16(15)21-13)18(24)14(2)22-8-10-23(11-9-22)19-20-7-12-25-19/h3-7,12,14,21H,8-11H2,1-2H3/t14-/m1/s1. The average Bonchev–Trinajstić information content (AvgIpc) is 3.27. The molecule has 0 bridgehead atoms. The highest BCUT2D eigenvalue weighted by Crippen LogP contribution is 2.25. The van der Waals surface area contributed by atoms with Gasteiger partial charge in [-0.1, -0.05) is 18.2 Å². The second-order valence-electron chi connectivity index (χ2n) is 6.55. The third-order valence-corrected chi connectivity index (χ3v) is 5.90. The Balaban J connectivity index is 1.50. The Morgan fingerprint density at radius 3 is 2.72 bits per heavy atom. The van der Waals surface area contributed by atoms with Crippen molar-refractivity contribution in [3.63, 3.8) is 0 Å². The number of Topliss-reactive ketones (excluding diaryl/α,β-unsaturated/α-hetero) is 1. The summed E-state index contributed by atoms with van der Waals surface area (Å²) in [4.78, 5) is 25.5. The Hall–Kier alpha value is -2.18. The Kier molecular flexibility index (Phi) is 4.31. The van der Waals surface area contributed by atoms with Gasteiger partial charge in [0.2, 0.25) is 0 Å². The highest BCUT2D eigenvalue weighted by Gasteiger charge is 2.29. The zero-order chi connectivity index (χ0) is 17.4. The van der Waals surface area contributed by atoms with E-state index in [4.69, 9.17) is 0 Å². The van der Waals surface area contributed by atoms with Gasteiger partial charge in [-0.05, 0) is 19.9 Å². The Bertz CT molecular complexity index is 878. The zero-order valence-electron chi connectivity index (χ0n) is 14.5. The van der Waals surface area contributed by atoms with Gasteiger partial charge < -0.3 is 9.88 Å². The molecule has 1 saturated heterocycles. The first-order valence-corrected chi connectivity index (χ1v) is 9.53. The molecule has 0 unspecified atom stereocenters. The van der Waals surface area contributed by atoms with Crippen molar-refractivity contribution in [3.05, 3.63) is 47.1 Å². The summed E-state index contributed by atoms with van der Waals surface area (Å²) in [5.74, 6) is 0.206. The van der Waals surface area contributed by atoms with E-state index in [1.165, 1.54) is 0 Å². The van der Waals surface area contributed by atoms with Crippen LogP contribution in [0.3, 0.4) is 0 Å². The number of hydrogen-bond acceptors (Lipinski definition) is 5. The summed E-state index contributed by atoms with van der Waals surface area (Å²) in [6, 6.07) is 7.92. The molecule has 6 heteroatoms. The maximum absolute atomic E-state index is 13.2. The second-order valence-corrected chi connectivity index (χ2v) is 7.42. The summed E-state index contributed by atoms with van der Waals surface area (Å²) < 4.78 is 0. The number of carbonyl (C=O) groups excluding carboxylic acids is 1. The van der Waals surface area contributed by atoms with Crippen LogP contribution in [-0.4, -0.2) is 52.9 Å². The van der Waals surface area contributed by atoms with Gasteiger partial charge in [0.1, 0.15) is 0 Å². The number of anilines is 1. The highest BCUT2D eigenvalue weighted by atomic mass is 32.1. The van der Waals surface area contributed by atoms with Gasteiger partial charge in [0.05, 0.1) is 6.04 Å². The molecule has 0 amide bonds. The fourth-order valence-electron chi connectivity index (χ4n) is 3.64. The molecule has 2 aromatic heterocycles. The van der Waals surface area contributed by atoms with Crippen molar-refractivity contribution >= 4 is 33.2 Å². The fourth-order valence-corrected chi connectivity index (χ4v) is 4.34. The summed E-state index contributed by atoms with van der Waals surface area (Å²) in [6.45, 7) is 7.61. The average molecular weight is 354 g/mol. The zero-order valence-corrected chi connectivity index (χ0v) is 15.3. The molecule has 1 N–H and O–H groups in total. The van der Waals surface area contributed by atoms with E-state index < -0.39 is 0 Å². The van der Waals surface area contributed by atoms with E-state index in [-0.39, 0.29) is 11.8 Å². The van der Waals surface area contributed by atoms with Crippen LogP contribution in [0.2, 0.25) is 0 Å². The van der Waals surface area contributed by atoms with Crippen molar-refractivity contribution in [2.75, 3.05) is 31.1 Å². The molecule has 1 aromatic carbocycles. The molecule has 0 aliphatic carbocycles. The lowest BCUT2D eigenvalue weighted by atomic mass is 10.0. The summed E-state index contributed by atoms with van der Waals surface area (Å²) in [7, 11) is 0. The van der Waals surface area contributed by atoms with E-state index in [9.17, 15) is 4.79 Å². The first-order chi connectivity index (χ1) is 12.1. The minimum absolute atomic E-state index is 0.114. The number of para-hydroxylation sites is 1. The van der Waals surface area contributed by atoms with Gasteiger partial charge in [0.15, 0.2) is 10.9 Å². The number of piperazine rings is 1. The Morgan fingerprint density at radius 1 is 1.24 bits per heavy atom. The van der Waals surface area contributed by atoms with Gasteiger partial charge in [-0.3, -0.25) is 9.69 Å². The Labute approximate surface area is 151 Å². The van der Waals surface area contributed by atoms with Crippen LogP contribution in [0.4, 0.5) is 5.13 Å². The third-order valence-electron chi connectivity index (χ3n) is 5.07. The van der Waals surface area contributed by atoms with Gasteiger partial charge in [0.25, 0.3) is 0 Å². The molecule has 1 aliphatic heterocycles.